The summed E-state index contributed by atoms with van der Waals surface area (Å²) in [6, 6.07) is 0. The summed E-state index contributed by atoms with van der Waals surface area (Å²) in [5, 5.41) is 0.431. The Morgan fingerprint density at radius 3 is 2.42 bits per heavy atom. The quantitative estimate of drug-likeness (QED) is 0.708. The number of carbonyl (C=O) groups is 1. The van der Waals surface area contributed by atoms with E-state index in [-0.39, 0.29) is 5.12 Å². The van der Waals surface area contributed by atoms with E-state index in [0.29, 0.717) is 16.8 Å². The van der Waals surface area contributed by atoms with Crippen molar-refractivity contribution in [3.05, 3.63) is 0 Å². The van der Waals surface area contributed by atoms with E-state index in [4.69, 9.17) is 4.78 Å². The standard InChI is InChI=1S/C7H13NO2S2/c1-6(9)11-7-2-4-12(8,10)5-3-7/h7-8H,2-5H2,1H3/t7-,12+. The Kier molecular flexibility index (Phi) is 3.17. The minimum absolute atomic E-state index is 0.123. The van der Waals surface area contributed by atoms with E-state index in [9.17, 15) is 9.00 Å². The van der Waals surface area contributed by atoms with Gasteiger partial charge in [0.05, 0.1) is 0 Å². The van der Waals surface area contributed by atoms with Crippen molar-refractivity contribution in [2.75, 3.05) is 11.5 Å². The normalized spacial score (nSPS) is 36.2. The van der Waals surface area contributed by atoms with E-state index in [0.717, 1.165) is 12.8 Å². The Bertz CT molecular complexity index is 257. The molecular weight excluding hydrogens is 194 g/mol. The lowest BCUT2D eigenvalue weighted by Gasteiger charge is -2.21. The van der Waals surface area contributed by atoms with Crippen LogP contribution < -0.4 is 0 Å². The largest absolute Gasteiger partial charge is 0.288 e. The highest BCUT2D eigenvalue weighted by atomic mass is 32.2. The van der Waals surface area contributed by atoms with E-state index in [1.54, 1.807) is 6.92 Å². The van der Waals surface area contributed by atoms with Crippen LogP contribution in [0.1, 0.15) is 19.8 Å². The molecule has 0 aromatic carbocycles. The zero-order chi connectivity index (χ0) is 9.19. The Morgan fingerprint density at radius 2 is 2.00 bits per heavy atom. The lowest BCUT2D eigenvalue weighted by Crippen LogP contribution is -2.24. The Labute approximate surface area is 77.3 Å². The molecule has 0 atom stereocenters. The van der Waals surface area contributed by atoms with Crippen LogP contribution >= 0.6 is 11.8 Å². The maximum atomic E-state index is 11.2. The molecule has 0 spiro atoms. The molecule has 70 valence electrons. The minimum atomic E-state index is -2.28. The highest BCUT2D eigenvalue weighted by Crippen LogP contribution is 2.24. The molecule has 1 saturated heterocycles. The molecule has 5 heteroatoms. The molecule has 0 radical (unpaired) electrons. The highest BCUT2D eigenvalue weighted by Gasteiger charge is 2.22. The Hall–Kier alpha value is -0.0300. The third-order valence-corrected chi connectivity index (χ3v) is 4.80. The average Bonchev–Trinajstić information content (AvgIpc) is 1.93. The fraction of sp³-hybridized carbons (Fsp3) is 0.857. The van der Waals surface area contributed by atoms with Crippen LogP contribution in [0.25, 0.3) is 0 Å². The molecule has 0 unspecified atom stereocenters. The van der Waals surface area contributed by atoms with Gasteiger partial charge in [-0.1, -0.05) is 11.8 Å². The fourth-order valence-corrected chi connectivity index (χ4v) is 4.02. The van der Waals surface area contributed by atoms with Crippen LogP contribution in [0.3, 0.4) is 0 Å². The molecule has 0 amide bonds. The SMILES string of the molecule is CC(=O)S[C@H]1CC[S@@](=N)(=O)CC1. The lowest BCUT2D eigenvalue weighted by molar-refractivity contribution is -0.109. The predicted octanol–water partition coefficient (Wildman–Crippen LogP) is 1.48. The topological polar surface area (TPSA) is 58.0 Å². The smallest absolute Gasteiger partial charge is 0.186 e. The molecule has 12 heavy (non-hydrogen) atoms. The first-order valence-electron chi connectivity index (χ1n) is 3.91. The van der Waals surface area contributed by atoms with Gasteiger partial charge in [0, 0.05) is 33.4 Å². The van der Waals surface area contributed by atoms with Crippen LogP contribution in [-0.2, 0) is 14.5 Å². The summed E-state index contributed by atoms with van der Waals surface area (Å²) in [6.07, 6.45) is 1.51. The lowest BCUT2D eigenvalue weighted by atomic mass is 10.2. The molecule has 0 bridgehead atoms. The van der Waals surface area contributed by atoms with E-state index in [1.165, 1.54) is 11.8 Å². The zero-order valence-corrected chi connectivity index (χ0v) is 8.67. The van der Waals surface area contributed by atoms with Crippen molar-refractivity contribution in [3.63, 3.8) is 0 Å². The molecule has 1 heterocycles. The molecule has 0 aromatic rings. The van der Waals surface area contributed by atoms with E-state index in [2.05, 4.69) is 0 Å². The first-order valence-corrected chi connectivity index (χ1v) is 6.68. The summed E-state index contributed by atoms with van der Waals surface area (Å²) >= 11 is 1.33. The molecule has 1 aliphatic heterocycles. The third kappa shape index (κ3) is 3.15. The molecule has 1 N–H and O–H groups in total. The van der Waals surface area contributed by atoms with Crippen molar-refractivity contribution in [1.29, 1.82) is 4.78 Å². The molecule has 0 aromatic heterocycles. The average molecular weight is 207 g/mol. The Morgan fingerprint density at radius 1 is 1.50 bits per heavy atom. The summed E-state index contributed by atoms with van der Waals surface area (Å²) in [5.74, 6) is 0.940. The van der Waals surface area contributed by atoms with Crippen molar-refractivity contribution in [2.24, 2.45) is 0 Å². The molecule has 1 aliphatic rings. The van der Waals surface area contributed by atoms with Gasteiger partial charge in [-0.25, -0.2) is 4.21 Å². The summed E-state index contributed by atoms with van der Waals surface area (Å²) in [6.45, 7) is 1.55. The first kappa shape index (κ1) is 10.1. The van der Waals surface area contributed by atoms with Crippen LogP contribution in [-0.4, -0.2) is 26.1 Å². The second-order valence-electron chi connectivity index (χ2n) is 3.03. The van der Waals surface area contributed by atoms with Gasteiger partial charge in [-0.2, -0.15) is 0 Å². The van der Waals surface area contributed by atoms with Crippen molar-refractivity contribution >= 4 is 26.6 Å². The number of carbonyl (C=O) groups excluding carboxylic acids is 1. The minimum Gasteiger partial charge on any atom is -0.288 e. The zero-order valence-electron chi connectivity index (χ0n) is 7.04. The second-order valence-corrected chi connectivity index (χ2v) is 6.95. The second kappa shape index (κ2) is 3.79. The maximum Gasteiger partial charge on any atom is 0.186 e. The van der Waals surface area contributed by atoms with Crippen LogP contribution in [0.2, 0.25) is 0 Å². The summed E-state index contributed by atoms with van der Waals surface area (Å²) in [4.78, 5) is 10.7. The molecule has 0 aliphatic carbocycles. The Balaban J connectivity index is 2.41. The van der Waals surface area contributed by atoms with E-state index < -0.39 is 9.73 Å². The van der Waals surface area contributed by atoms with Gasteiger partial charge < -0.3 is 0 Å². The van der Waals surface area contributed by atoms with Gasteiger partial charge in [-0.3, -0.25) is 9.57 Å². The summed E-state index contributed by atoms with van der Waals surface area (Å²) in [5.41, 5.74) is 0. The summed E-state index contributed by atoms with van der Waals surface area (Å²) < 4.78 is 18.5. The van der Waals surface area contributed by atoms with Crippen LogP contribution in [0, 0.1) is 4.78 Å². The molecule has 0 saturated carbocycles. The summed E-state index contributed by atoms with van der Waals surface area (Å²) in [7, 11) is -2.28. The number of rotatable bonds is 1. The highest BCUT2D eigenvalue weighted by molar-refractivity contribution is 8.14. The third-order valence-electron chi connectivity index (χ3n) is 1.87. The number of thioether (sulfide) groups is 1. The van der Waals surface area contributed by atoms with Crippen LogP contribution in [0.5, 0.6) is 0 Å². The van der Waals surface area contributed by atoms with Gasteiger partial charge in [-0.15, -0.1) is 0 Å². The van der Waals surface area contributed by atoms with Gasteiger partial charge in [0.25, 0.3) is 0 Å². The molecule has 3 nitrogen and oxygen atoms in total. The number of hydrogen-bond acceptors (Lipinski definition) is 4. The van der Waals surface area contributed by atoms with Gasteiger partial charge in [-0.05, 0) is 12.8 Å². The van der Waals surface area contributed by atoms with E-state index >= 15 is 0 Å². The maximum absolute atomic E-state index is 11.2. The van der Waals surface area contributed by atoms with Crippen LogP contribution in [0.4, 0.5) is 0 Å². The van der Waals surface area contributed by atoms with E-state index in [1.807, 2.05) is 0 Å². The first-order chi connectivity index (χ1) is 5.49. The molecule has 1 fully saturated rings. The van der Waals surface area contributed by atoms with Crippen molar-refractivity contribution in [1.82, 2.24) is 0 Å². The molecule has 1 rings (SSSR count). The van der Waals surface area contributed by atoms with Gasteiger partial charge in [0.15, 0.2) is 5.12 Å². The van der Waals surface area contributed by atoms with Crippen LogP contribution in [0.15, 0.2) is 0 Å². The van der Waals surface area contributed by atoms with Gasteiger partial charge >= 0.3 is 0 Å². The van der Waals surface area contributed by atoms with Gasteiger partial charge in [0.1, 0.15) is 0 Å². The molecular formula is C7H13NO2S2. The van der Waals surface area contributed by atoms with Crippen molar-refractivity contribution in [3.8, 4) is 0 Å². The number of nitrogens with one attached hydrogen (secondary N) is 1. The monoisotopic (exact) mass is 207 g/mol. The van der Waals surface area contributed by atoms with Crippen molar-refractivity contribution in [2.45, 2.75) is 25.0 Å². The van der Waals surface area contributed by atoms with Gasteiger partial charge in [0.2, 0.25) is 0 Å². The predicted molar refractivity (Wildman–Crippen MR) is 51.9 cm³/mol. The van der Waals surface area contributed by atoms with Crippen molar-refractivity contribution < 1.29 is 9.00 Å². The number of hydrogen-bond donors (Lipinski definition) is 1. The fourth-order valence-electron chi connectivity index (χ4n) is 1.24.